The minimum atomic E-state index is 0. The molecule has 0 fully saturated rings. The molecule has 25 heavy (non-hydrogen) atoms. The fourth-order valence-corrected chi connectivity index (χ4v) is 3.09. The predicted molar refractivity (Wildman–Crippen MR) is 101 cm³/mol. The van der Waals surface area contributed by atoms with Crippen molar-refractivity contribution in [2.24, 2.45) is 10.7 Å². The monoisotopic (exact) mass is 377 g/mol. The first-order valence-electron chi connectivity index (χ1n) is 8.07. The molecule has 2 aromatic rings. The molecule has 0 spiro atoms. The highest BCUT2D eigenvalue weighted by Crippen LogP contribution is 2.34. The van der Waals surface area contributed by atoms with E-state index in [0.29, 0.717) is 24.3 Å². The van der Waals surface area contributed by atoms with Gasteiger partial charge in [0.25, 0.3) is 0 Å². The third-order valence-corrected chi connectivity index (χ3v) is 4.66. The van der Waals surface area contributed by atoms with Crippen molar-refractivity contribution in [1.82, 2.24) is 0 Å². The molecule has 1 aliphatic rings. The van der Waals surface area contributed by atoms with Crippen molar-refractivity contribution in [2.45, 2.75) is 25.5 Å². The lowest BCUT2D eigenvalue weighted by atomic mass is 10.0. The largest absolute Gasteiger partial charge is 1.00 e. The van der Waals surface area contributed by atoms with Crippen LogP contribution in [0.4, 0.5) is 5.69 Å². The van der Waals surface area contributed by atoms with Gasteiger partial charge in [-0.25, -0.2) is 4.99 Å². The van der Waals surface area contributed by atoms with Crippen LogP contribution in [0, 0.1) is 0 Å². The Bertz CT molecular complexity index is 733. The normalized spacial score (nSPS) is 13.5. The molecular formula is C19H22ClN2O2S-. The fraction of sp³-hybridized carbons (Fsp3) is 0.316. The lowest BCUT2D eigenvalue weighted by Gasteiger charge is -2.18. The first kappa shape index (κ1) is 19.5. The van der Waals surface area contributed by atoms with Crippen LogP contribution in [0.3, 0.4) is 0 Å². The maximum atomic E-state index is 6.05. The van der Waals surface area contributed by atoms with Gasteiger partial charge in [0.05, 0.1) is 5.69 Å². The van der Waals surface area contributed by atoms with Gasteiger partial charge in [-0.3, -0.25) is 0 Å². The van der Waals surface area contributed by atoms with Gasteiger partial charge in [0, 0.05) is 11.8 Å². The molecule has 2 aromatic carbocycles. The number of fused-ring (bicyclic) bond motifs is 1. The van der Waals surface area contributed by atoms with Crippen LogP contribution in [0.15, 0.2) is 47.5 Å². The van der Waals surface area contributed by atoms with Crippen LogP contribution in [0.1, 0.15) is 30.9 Å². The summed E-state index contributed by atoms with van der Waals surface area (Å²) in [6.07, 6.45) is 0. The van der Waals surface area contributed by atoms with E-state index < -0.39 is 0 Å². The Hall–Kier alpha value is -1.85. The fourth-order valence-electron chi connectivity index (χ4n) is 2.42. The molecule has 6 heteroatoms. The number of thioether (sulfide) groups is 1. The standard InChI is InChI=1S/C19H22N2O2S.ClH/c1-13(2)15-5-3-14(4-6-15)12-24-19(20)21-16-7-8-17-18(11-16)23-10-9-22-17;/h3-8,11,13H,9-10,12H2,1-2H3,(H2,20,21);1H/p-1. The van der Waals surface area contributed by atoms with Gasteiger partial charge in [-0.15, -0.1) is 0 Å². The number of nitrogens with zero attached hydrogens (tertiary/aromatic N) is 1. The van der Waals surface area contributed by atoms with Crippen molar-refractivity contribution in [2.75, 3.05) is 13.2 Å². The lowest BCUT2D eigenvalue weighted by molar-refractivity contribution is -0.00000568. The lowest BCUT2D eigenvalue weighted by Crippen LogP contribution is -3.00. The van der Waals surface area contributed by atoms with E-state index in [-0.39, 0.29) is 12.4 Å². The van der Waals surface area contributed by atoms with Gasteiger partial charge in [-0.1, -0.05) is 49.9 Å². The maximum Gasteiger partial charge on any atom is 0.163 e. The summed E-state index contributed by atoms with van der Waals surface area (Å²) >= 11 is 1.53. The molecule has 0 amide bonds. The molecule has 2 N–H and O–H groups in total. The Kier molecular flexibility index (Phi) is 7.02. The van der Waals surface area contributed by atoms with Crippen molar-refractivity contribution < 1.29 is 21.9 Å². The van der Waals surface area contributed by atoms with E-state index in [9.17, 15) is 0 Å². The highest BCUT2D eigenvalue weighted by molar-refractivity contribution is 8.13. The molecule has 4 nitrogen and oxygen atoms in total. The van der Waals surface area contributed by atoms with E-state index in [0.717, 1.165) is 22.9 Å². The number of halogens is 1. The first-order valence-corrected chi connectivity index (χ1v) is 9.06. The van der Waals surface area contributed by atoms with Gasteiger partial charge in [-0.05, 0) is 29.2 Å². The highest BCUT2D eigenvalue weighted by Gasteiger charge is 2.11. The number of benzene rings is 2. The summed E-state index contributed by atoms with van der Waals surface area (Å²) in [7, 11) is 0. The van der Waals surface area contributed by atoms with Crippen LogP contribution in [0.25, 0.3) is 0 Å². The van der Waals surface area contributed by atoms with Gasteiger partial charge < -0.3 is 27.6 Å². The van der Waals surface area contributed by atoms with Crippen molar-refractivity contribution in [3.63, 3.8) is 0 Å². The topological polar surface area (TPSA) is 56.8 Å². The summed E-state index contributed by atoms with van der Waals surface area (Å²) < 4.78 is 11.1. The van der Waals surface area contributed by atoms with Crippen LogP contribution in [0.2, 0.25) is 0 Å². The molecule has 134 valence electrons. The molecule has 1 heterocycles. The first-order chi connectivity index (χ1) is 11.6. The van der Waals surface area contributed by atoms with Crippen LogP contribution in [-0.2, 0) is 5.75 Å². The Morgan fingerprint density at radius 2 is 1.76 bits per heavy atom. The summed E-state index contributed by atoms with van der Waals surface area (Å²) in [4.78, 5) is 4.45. The summed E-state index contributed by atoms with van der Waals surface area (Å²) in [6.45, 7) is 5.55. The van der Waals surface area contributed by atoms with Crippen LogP contribution < -0.4 is 27.6 Å². The third-order valence-electron chi connectivity index (χ3n) is 3.80. The molecule has 0 unspecified atom stereocenters. The van der Waals surface area contributed by atoms with Crippen LogP contribution in [0.5, 0.6) is 11.5 Å². The molecule has 1 aliphatic heterocycles. The minimum Gasteiger partial charge on any atom is -1.00 e. The molecule has 0 saturated carbocycles. The molecular weight excluding hydrogens is 356 g/mol. The molecule has 0 bridgehead atoms. The van der Waals surface area contributed by atoms with E-state index in [1.165, 1.54) is 22.9 Å². The minimum absolute atomic E-state index is 0. The highest BCUT2D eigenvalue weighted by atomic mass is 35.5. The molecule has 3 rings (SSSR count). The number of hydrogen-bond donors (Lipinski definition) is 1. The molecule has 0 aromatic heterocycles. The Labute approximate surface area is 159 Å². The number of aliphatic imine (C=N–C) groups is 1. The summed E-state index contributed by atoms with van der Waals surface area (Å²) in [5.41, 5.74) is 9.42. The smallest absolute Gasteiger partial charge is 0.163 e. The SMILES string of the molecule is CC(C)c1ccc(CSC(N)=Nc2ccc3c(c2)OCCO3)cc1.[Cl-]. The number of ether oxygens (including phenoxy) is 2. The summed E-state index contributed by atoms with van der Waals surface area (Å²) in [5.74, 6) is 2.84. The van der Waals surface area contributed by atoms with E-state index in [2.05, 4.69) is 43.1 Å². The second-order valence-electron chi connectivity index (χ2n) is 5.96. The molecule has 0 saturated heterocycles. The van der Waals surface area contributed by atoms with Gasteiger partial charge >= 0.3 is 0 Å². The Balaban J connectivity index is 0.00000225. The van der Waals surface area contributed by atoms with E-state index in [1.54, 1.807) is 0 Å². The van der Waals surface area contributed by atoms with Crippen molar-refractivity contribution in [3.05, 3.63) is 53.6 Å². The quantitative estimate of drug-likeness (QED) is 0.647. The maximum absolute atomic E-state index is 6.05. The second kappa shape index (κ2) is 9.02. The number of nitrogens with two attached hydrogens (primary N) is 1. The van der Waals surface area contributed by atoms with E-state index in [1.807, 2.05) is 18.2 Å². The van der Waals surface area contributed by atoms with Crippen molar-refractivity contribution in [1.29, 1.82) is 0 Å². The number of amidine groups is 1. The Morgan fingerprint density at radius 1 is 1.08 bits per heavy atom. The van der Waals surface area contributed by atoms with Gasteiger partial charge in [0.15, 0.2) is 16.7 Å². The van der Waals surface area contributed by atoms with Crippen LogP contribution >= 0.6 is 11.8 Å². The third kappa shape index (κ3) is 5.31. The Morgan fingerprint density at radius 3 is 2.44 bits per heavy atom. The average Bonchev–Trinajstić information content (AvgIpc) is 2.60. The van der Waals surface area contributed by atoms with Gasteiger partial charge in [0.2, 0.25) is 0 Å². The second-order valence-corrected chi connectivity index (χ2v) is 6.96. The van der Waals surface area contributed by atoms with Crippen molar-refractivity contribution in [3.8, 4) is 11.5 Å². The predicted octanol–water partition coefficient (Wildman–Crippen LogP) is 1.46. The zero-order valence-corrected chi connectivity index (χ0v) is 15.9. The summed E-state index contributed by atoms with van der Waals surface area (Å²) in [6, 6.07) is 14.3. The average molecular weight is 378 g/mol. The number of rotatable bonds is 4. The van der Waals surface area contributed by atoms with Gasteiger partial charge in [-0.2, -0.15) is 0 Å². The molecule has 0 radical (unpaired) electrons. The van der Waals surface area contributed by atoms with Crippen molar-refractivity contribution >= 4 is 22.6 Å². The zero-order valence-electron chi connectivity index (χ0n) is 14.4. The van der Waals surface area contributed by atoms with Gasteiger partial charge in [0.1, 0.15) is 13.2 Å². The summed E-state index contributed by atoms with van der Waals surface area (Å²) in [5, 5.41) is 0.541. The molecule has 0 aliphatic carbocycles. The van der Waals surface area contributed by atoms with E-state index in [4.69, 9.17) is 15.2 Å². The number of hydrogen-bond acceptors (Lipinski definition) is 4. The van der Waals surface area contributed by atoms with Crippen LogP contribution in [-0.4, -0.2) is 18.4 Å². The zero-order chi connectivity index (χ0) is 16.9. The van der Waals surface area contributed by atoms with E-state index >= 15 is 0 Å². The molecule has 0 atom stereocenters.